The summed E-state index contributed by atoms with van der Waals surface area (Å²) in [4.78, 5) is 12.5. The molecule has 1 aliphatic heterocycles. The van der Waals surface area contributed by atoms with Gasteiger partial charge < -0.3 is 10.1 Å². The number of sulfonamides is 2. The Bertz CT molecular complexity index is 1150. The van der Waals surface area contributed by atoms with Crippen LogP contribution in [0.15, 0.2) is 47.4 Å². The fraction of sp³-hybridized carbons (Fsp3) is 0.316. The fourth-order valence-electron chi connectivity index (χ4n) is 3.16. The molecule has 0 bridgehead atoms. The summed E-state index contributed by atoms with van der Waals surface area (Å²) in [5, 5.41) is 2.66. The van der Waals surface area contributed by atoms with E-state index in [0.29, 0.717) is 30.0 Å². The Morgan fingerprint density at radius 3 is 2.40 bits per heavy atom. The topological polar surface area (TPSA) is 122 Å². The number of carbonyl (C=O) groups is 1. The monoisotopic (exact) mass is 453 g/mol. The summed E-state index contributed by atoms with van der Waals surface area (Å²) in [6.07, 6.45) is 1.68. The van der Waals surface area contributed by atoms with Gasteiger partial charge in [-0.05, 0) is 54.4 Å². The van der Waals surface area contributed by atoms with Crippen molar-refractivity contribution in [1.29, 1.82) is 0 Å². The van der Waals surface area contributed by atoms with Gasteiger partial charge in [-0.2, -0.15) is 0 Å². The first-order chi connectivity index (χ1) is 14.1. The predicted octanol–water partition coefficient (Wildman–Crippen LogP) is 0.726. The Balaban J connectivity index is 1.55. The summed E-state index contributed by atoms with van der Waals surface area (Å²) in [5.41, 5.74) is 1.76. The Hall–Kier alpha value is -2.63. The molecule has 2 aromatic carbocycles. The lowest BCUT2D eigenvalue weighted by molar-refractivity contribution is 0.0954. The minimum absolute atomic E-state index is 0.0207. The van der Waals surface area contributed by atoms with E-state index >= 15 is 0 Å². The third-order valence-corrected chi connectivity index (χ3v) is 7.32. The molecule has 162 valence electrons. The average molecular weight is 454 g/mol. The summed E-state index contributed by atoms with van der Waals surface area (Å²) in [7, 11) is -5.55. The van der Waals surface area contributed by atoms with Crippen molar-refractivity contribution in [2.45, 2.75) is 11.3 Å². The lowest BCUT2D eigenvalue weighted by atomic mass is 10.1. The van der Waals surface area contributed by atoms with Crippen LogP contribution >= 0.6 is 0 Å². The molecule has 2 aromatic rings. The molecule has 0 aromatic heterocycles. The molecule has 0 aliphatic carbocycles. The molecule has 9 nitrogen and oxygen atoms in total. The maximum Gasteiger partial charge on any atom is 0.251 e. The number of hydrogen-bond donors (Lipinski definition) is 2. The molecule has 0 saturated heterocycles. The second-order valence-corrected chi connectivity index (χ2v) is 10.4. The Labute approximate surface area is 176 Å². The highest BCUT2D eigenvalue weighted by Crippen LogP contribution is 2.30. The van der Waals surface area contributed by atoms with Crippen molar-refractivity contribution >= 4 is 31.6 Å². The van der Waals surface area contributed by atoms with Crippen molar-refractivity contribution in [3.63, 3.8) is 0 Å². The number of fused-ring (bicyclic) bond motifs is 1. The van der Waals surface area contributed by atoms with Crippen LogP contribution in [-0.2, 0) is 26.5 Å². The van der Waals surface area contributed by atoms with E-state index < -0.39 is 20.0 Å². The Morgan fingerprint density at radius 1 is 1.07 bits per heavy atom. The van der Waals surface area contributed by atoms with E-state index in [9.17, 15) is 21.6 Å². The van der Waals surface area contributed by atoms with Crippen LogP contribution in [0, 0.1) is 0 Å². The van der Waals surface area contributed by atoms with Gasteiger partial charge >= 0.3 is 0 Å². The van der Waals surface area contributed by atoms with Crippen molar-refractivity contribution in [3.8, 4) is 5.75 Å². The molecule has 3 rings (SSSR count). The van der Waals surface area contributed by atoms with Crippen LogP contribution in [0.4, 0.5) is 5.69 Å². The van der Waals surface area contributed by atoms with Gasteiger partial charge in [0.05, 0.1) is 23.9 Å². The van der Waals surface area contributed by atoms with Crippen molar-refractivity contribution < 1.29 is 26.4 Å². The first kappa shape index (κ1) is 22.1. The zero-order chi connectivity index (χ0) is 21.9. The highest BCUT2D eigenvalue weighted by atomic mass is 32.2. The number of amides is 1. The lowest BCUT2D eigenvalue weighted by Crippen LogP contribution is -2.34. The number of anilines is 1. The summed E-state index contributed by atoms with van der Waals surface area (Å²) in [6, 6.07) is 10.8. The standard InChI is InChI=1S/C19H23N3O6S2/c1-28-16-4-6-17(7-5-16)30(26,27)21-11-10-20-19(23)15-3-8-18-14(13-15)9-12-22(18)29(2,24)25/h3-8,13,21H,9-12H2,1-2H3,(H,20,23). The average Bonchev–Trinajstić information content (AvgIpc) is 3.15. The predicted molar refractivity (Wildman–Crippen MR) is 113 cm³/mol. The zero-order valence-electron chi connectivity index (χ0n) is 16.6. The maximum atomic E-state index is 12.4. The molecular weight excluding hydrogens is 430 g/mol. The van der Waals surface area contributed by atoms with E-state index in [1.807, 2.05) is 0 Å². The summed E-state index contributed by atoms with van der Waals surface area (Å²) >= 11 is 0. The number of ether oxygens (including phenoxy) is 1. The van der Waals surface area contributed by atoms with Gasteiger partial charge in [-0.25, -0.2) is 21.6 Å². The third-order valence-electron chi connectivity index (χ3n) is 4.67. The van der Waals surface area contributed by atoms with Crippen LogP contribution in [0.1, 0.15) is 15.9 Å². The normalized spacial score (nSPS) is 13.7. The molecule has 0 spiro atoms. The number of rotatable bonds is 8. The van der Waals surface area contributed by atoms with Gasteiger partial charge in [0.2, 0.25) is 20.0 Å². The summed E-state index contributed by atoms with van der Waals surface area (Å²) in [6.45, 7) is 0.472. The maximum absolute atomic E-state index is 12.4. The summed E-state index contributed by atoms with van der Waals surface area (Å²) in [5.74, 6) is 0.189. The van der Waals surface area contributed by atoms with E-state index in [0.717, 1.165) is 11.8 Å². The molecule has 0 fully saturated rings. The minimum atomic E-state index is -3.70. The molecule has 2 N–H and O–H groups in total. The molecule has 30 heavy (non-hydrogen) atoms. The third kappa shape index (κ3) is 4.91. The SMILES string of the molecule is COc1ccc(S(=O)(=O)NCCNC(=O)c2ccc3c(c2)CCN3S(C)(=O)=O)cc1. The van der Waals surface area contributed by atoms with Gasteiger partial charge in [0.1, 0.15) is 5.75 Å². The number of nitrogens with zero attached hydrogens (tertiary/aromatic N) is 1. The van der Waals surface area contributed by atoms with E-state index in [4.69, 9.17) is 4.74 Å². The number of hydrogen-bond acceptors (Lipinski definition) is 6. The van der Waals surface area contributed by atoms with Gasteiger partial charge in [-0.1, -0.05) is 0 Å². The molecule has 0 unspecified atom stereocenters. The van der Waals surface area contributed by atoms with Gasteiger partial charge in [0.25, 0.3) is 5.91 Å². The molecule has 1 aliphatic rings. The molecule has 0 atom stereocenters. The van der Waals surface area contributed by atoms with E-state index in [1.165, 1.54) is 23.5 Å². The van der Waals surface area contributed by atoms with Gasteiger partial charge in [0, 0.05) is 25.2 Å². The van der Waals surface area contributed by atoms with E-state index in [-0.39, 0.29) is 23.9 Å². The van der Waals surface area contributed by atoms with Crippen molar-refractivity contribution in [2.75, 3.05) is 37.3 Å². The van der Waals surface area contributed by atoms with E-state index in [2.05, 4.69) is 10.0 Å². The van der Waals surface area contributed by atoms with E-state index in [1.54, 1.807) is 30.3 Å². The van der Waals surface area contributed by atoms with Crippen molar-refractivity contribution in [3.05, 3.63) is 53.6 Å². The van der Waals surface area contributed by atoms with Gasteiger partial charge in [0.15, 0.2) is 0 Å². The molecule has 11 heteroatoms. The Kier molecular flexibility index (Phi) is 6.34. The molecular formula is C19H23N3O6S2. The highest BCUT2D eigenvalue weighted by molar-refractivity contribution is 7.92. The summed E-state index contributed by atoms with van der Waals surface area (Å²) < 4.78 is 56.9. The number of nitrogens with one attached hydrogen (secondary N) is 2. The van der Waals surface area contributed by atoms with Crippen molar-refractivity contribution in [2.24, 2.45) is 0 Å². The fourth-order valence-corrected chi connectivity index (χ4v) is 5.15. The minimum Gasteiger partial charge on any atom is -0.497 e. The van der Waals surface area contributed by atoms with Crippen LogP contribution < -0.4 is 19.1 Å². The second kappa shape index (κ2) is 8.62. The quantitative estimate of drug-likeness (QED) is 0.568. The molecule has 1 heterocycles. The largest absolute Gasteiger partial charge is 0.497 e. The number of benzene rings is 2. The molecule has 0 saturated carbocycles. The van der Waals surface area contributed by atoms with Crippen LogP contribution in [0.25, 0.3) is 0 Å². The second-order valence-electron chi connectivity index (χ2n) is 6.76. The first-order valence-electron chi connectivity index (χ1n) is 9.14. The zero-order valence-corrected chi connectivity index (χ0v) is 18.2. The Morgan fingerprint density at radius 2 is 1.77 bits per heavy atom. The molecule has 0 radical (unpaired) electrons. The van der Waals surface area contributed by atoms with Crippen LogP contribution in [-0.4, -0.2) is 55.7 Å². The smallest absolute Gasteiger partial charge is 0.251 e. The van der Waals surface area contributed by atoms with Gasteiger partial charge in [-0.15, -0.1) is 0 Å². The highest BCUT2D eigenvalue weighted by Gasteiger charge is 2.26. The van der Waals surface area contributed by atoms with Crippen LogP contribution in [0.3, 0.4) is 0 Å². The van der Waals surface area contributed by atoms with Crippen LogP contribution in [0.2, 0.25) is 0 Å². The van der Waals surface area contributed by atoms with Crippen LogP contribution in [0.5, 0.6) is 5.75 Å². The number of methoxy groups -OCH3 is 1. The van der Waals surface area contributed by atoms with Crippen molar-refractivity contribution in [1.82, 2.24) is 10.0 Å². The first-order valence-corrected chi connectivity index (χ1v) is 12.5. The molecule has 1 amide bonds. The number of carbonyl (C=O) groups excluding carboxylic acids is 1. The lowest BCUT2D eigenvalue weighted by Gasteiger charge is -2.16. The van der Waals surface area contributed by atoms with Gasteiger partial charge in [-0.3, -0.25) is 9.10 Å².